The van der Waals surface area contributed by atoms with Gasteiger partial charge in [-0.05, 0) is 48.8 Å². The van der Waals surface area contributed by atoms with Crippen molar-refractivity contribution < 1.29 is 14.0 Å². The number of carbonyl (C=O) groups is 2. The summed E-state index contributed by atoms with van der Waals surface area (Å²) in [5.74, 6) is -0.0950. The standard InChI is InChI=1S/C13H14FNOS.C7H13NO/c1-4-8-5-6-10(14)12-9(8)7-11(17-12)13(16)15(2)3;1-7(9)8-5-3-2-4-6-8/h5-7H,4H2,1-3H3;2-6H2,1H3. The average molecular weight is 379 g/mol. The fourth-order valence-electron chi connectivity index (χ4n) is 2.99. The molecule has 1 aliphatic heterocycles. The normalized spacial score (nSPS) is 14.0. The van der Waals surface area contributed by atoms with Crippen molar-refractivity contribution in [1.82, 2.24) is 9.80 Å². The van der Waals surface area contributed by atoms with Crippen LogP contribution in [-0.4, -0.2) is 48.8 Å². The van der Waals surface area contributed by atoms with Gasteiger partial charge < -0.3 is 9.80 Å². The summed E-state index contributed by atoms with van der Waals surface area (Å²) in [6.07, 6.45) is 4.52. The SMILES string of the molecule is CC(=O)N1CCCCC1.CCc1ccc(F)c2sc(C(=O)N(C)C)cc12. The molecule has 0 bridgehead atoms. The summed E-state index contributed by atoms with van der Waals surface area (Å²) >= 11 is 1.22. The fraction of sp³-hybridized carbons (Fsp3) is 0.500. The number of nitrogens with zero attached hydrogens (tertiary/aromatic N) is 2. The van der Waals surface area contributed by atoms with Crippen LogP contribution in [-0.2, 0) is 11.2 Å². The topological polar surface area (TPSA) is 40.6 Å². The van der Waals surface area contributed by atoms with Gasteiger partial charge in [-0.25, -0.2) is 4.39 Å². The Bertz CT molecular complexity index is 779. The Morgan fingerprint density at radius 3 is 2.35 bits per heavy atom. The van der Waals surface area contributed by atoms with Crippen LogP contribution in [0, 0.1) is 5.82 Å². The summed E-state index contributed by atoms with van der Waals surface area (Å²) in [6.45, 7) is 5.63. The molecule has 0 saturated carbocycles. The van der Waals surface area contributed by atoms with Gasteiger partial charge in [-0.3, -0.25) is 9.59 Å². The highest BCUT2D eigenvalue weighted by Gasteiger charge is 2.15. The summed E-state index contributed by atoms with van der Waals surface area (Å²) in [5, 5.41) is 0.864. The molecular weight excluding hydrogens is 351 g/mol. The molecule has 3 rings (SSSR count). The Balaban J connectivity index is 0.000000228. The number of halogens is 1. The molecule has 2 heterocycles. The van der Waals surface area contributed by atoms with Crippen LogP contribution >= 0.6 is 11.3 Å². The smallest absolute Gasteiger partial charge is 0.263 e. The molecule has 1 saturated heterocycles. The largest absolute Gasteiger partial charge is 0.344 e. The van der Waals surface area contributed by atoms with E-state index in [1.54, 1.807) is 33.2 Å². The third kappa shape index (κ3) is 4.81. The first-order valence-corrected chi connectivity index (χ1v) is 9.84. The molecule has 4 nitrogen and oxygen atoms in total. The third-order valence-corrected chi connectivity index (χ3v) is 5.66. The molecular formula is C20H27FN2O2S. The van der Waals surface area contributed by atoms with Crippen LogP contribution in [0.15, 0.2) is 18.2 Å². The third-order valence-electron chi connectivity index (χ3n) is 4.53. The highest BCUT2D eigenvalue weighted by Crippen LogP contribution is 2.31. The Morgan fingerprint density at radius 1 is 1.19 bits per heavy atom. The molecule has 142 valence electrons. The summed E-state index contributed by atoms with van der Waals surface area (Å²) in [5.41, 5.74) is 1.08. The zero-order chi connectivity index (χ0) is 19.3. The van der Waals surface area contributed by atoms with E-state index in [4.69, 9.17) is 0 Å². The number of benzene rings is 1. The molecule has 0 N–H and O–H groups in total. The van der Waals surface area contributed by atoms with E-state index in [1.165, 1.54) is 41.6 Å². The van der Waals surface area contributed by atoms with Crippen molar-refractivity contribution in [3.63, 3.8) is 0 Å². The maximum Gasteiger partial charge on any atom is 0.263 e. The van der Waals surface area contributed by atoms with Gasteiger partial charge in [-0.1, -0.05) is 13.0 Å². The zero-order valence-electron chi connectivity index (χ0n) is 16.0. The van der Waals surface area contributed by atoms with Crippen molar-refractivity contribution in [3.8, 4) is 0 Å². The van der Waals surface area contributed by atoms with Gasteiger partial charge in [0.15, 0.2) is 0 Å². The molecule has 0 spiro atoms. The number of aryl methyl sites for hydroxylation is 1. The lowest BCUT2D eigenvalue weighted by atomic mass is 10.1. The van der Waals surface area contributed by atoms with Crippen LogP contribution in [0.4, 0.5) is 4.39 Å². The van der Waals surface area contributed by atoms with E-state index in [1.807, 2.05) is 11.8 Å². The molecule has 2 aromatic rings. The zero-order valence-corrected chi connectivity index (χ0v) is 16.8. The van der Waals surface area contributed by atoms with Gasteiger partial charge in [0.2, 0.25) is 5.91 Å². The lowest BCUT2D eigenvalue weighted by molar-refractivity contribution is -0.129. The highest BCUT2D eigenvalue weighted by molar-refractivity contribution is 7.20. The predicted molar refractivity (Wildman–Crippen MR) is 105 cm³/mol. The highest BCUT2D eigenvalue weighted by atomic mass is 32.1. The molecule has 6 heteroatoms. The maximum atomic E-state index is 13.7. The van der Waals surface area contributed by atoms with Gasteiger partial charge in [0.05, 0.1) is 9.58 Å². The van der Waals surface area contributed by atoms with Crippen molar-refractivity contribution in [3.05, 3.63) is 34.5 Å². The second kappa shape index (κ2) is 9.12. The Morgan fingerprint density at radius 2 is 1.85 bits per heavy atom. The van der Waals surface area contributed by atoms with Gasteiger partial charge in [0.1, 0.15) is 5.82 Å². The van der Waals surface area contributed by atoms with E-state index in [0.29, 0.717) is 9.58 Å². The van der Waals surface area contributed by atoms with E-state index in [-0.39, 0.29) is 17.6 Å². The predicted octanol–water partition coefficient (Wildman–Crippen LogP) is 4.32. The molecule has 2 amide bonds. The number of hydrogen-bond donors (Lipinski definition) is 0. The van der Waals surface area contributed by atoms with Gasteiger partial charge in [-0.2, -0.15) is 0 Å². The number of rotatable bonds is 2. The molecule has 1 fully saturated rings. The fourth-order valence-corrected chi connectivity index (χ4v) is 4.12. The van der Waals surface area contributed by atoms with Crippen molar-refractivity contribution in [2.45, 2.75) is 39.5 Å². The van der Waals surface area contributed by atoms with E-state index >= 15 is 0 Å². The molecule has 1 aromatic carbocycles. The minimum Gasteiger partial charge on any atom is -0.344 e. The summed E-state index contributed by atoms with van der Waals surface area (Å²) in [6, 6.07) is 5.06. The summed E-state index contributed by atoms with van der Waals surface area (Å²) < 4.78 is 14.2. The van der Waals surface area contributed by atoms with Crippen molar-refractivity contribution in [1.29, 1.82) is 0 Å². The average Bonchev–Trinajstić information content (AvgIpc) is 3.09. The van der Waals surface area contributed by atoms with Gasteiger partial charge in [0.25, 0.3) is 5.91 Å². The van der Waals surface area contributed by atoms with E-state index in [2.05, 4.69) is 0 Å². The maximum absolute atomic E-state index is 13.7. The molecule has 0 aliphatic carbocycles. The molecule has 0 atom stereocenters. The second-order valence-corrected chi connectivity index (χ2v) is 7.73. The van der Waals surface area contributed by atoms with Crippen molar-refractivity contribution in [2.75, 3.05) is 27.2 Å². The molecule has 26 heavy (non-hydrogen) atoms. The van der Waals surface area contributed by atoms with Crippen LogP contribution in [0.1, 0.15) is 48.3 Å². The lowest BCUT2D eigenvalue weighted by Gasteiger charge is -2.24. The first-order valence-electron chi connectivity index (χ1n) is 9.03. The van der Waals surface area contributed by atoms with Gasteiger partial charge in [-0.15, -0.1) is 11.3 Å². The van der Waals surface area contributed by atoms with Crippen LogP contribution in [0.25, 0.3) is 10.1 Å². The summed E-state index contributed by atoms with van der Waals surface area (Å²) in [4.78, 5) is 26.6. The minimum atomic E-state index is -0.250. The Hall–Kier alpha value is -1.95. The minimum absolute atomic E-state index is 0.0762. The van der Waals surface area contributed by atoms with Crippen LogP contribution in [0.3, 0.4) is 0 Å². The number of amides is 2. The second-order valence-electron chi connectivity index (χ2n) is 6.68. The van der Waals surface area contributed by atoms with E-state index in [0.717, 1.165) is 30.5 Å². The van der Waals surface area contributed by atoms with Crippen LogP contribution in [0.5, 0.6) is 0 Å². The lowest BCUT2D eigenvalue weighted by Crippen LogP contribution is -2.33. The quantitative estimate of drug-likeness (QED) is 0.781. The number of fused-ring (bicyclic) bond motifs is 1. The molecule has 1 aromatic heterocycles. The molecule has 0 unspecified atom stereocenters. The Kier molecular flexibility index (Phi) is 7.14. The molecule has 0 radical (unpaired) electrons. The van der Waals surface area contributed by atoms with Gasteiger partial charge in [0, 0.05) is 34.1 Å². The molecule has 1 aliphatic rings. The van der Waals surface area contributed by atoms with Crippen molar-refractivity contribution in [2.24, 2.45) is 0 Å². The number of piperidine rings is 1. The van der Waals surface area contributed by atoms with E-state index in [9.17, 15) is 14.0 Å². The number of carbonyl (C=O) groups excluding carboxylic acids is 2. The number of hydrogen-bond acceptors (Lipinski definition) is 3. The van der Waals surface area contributed by atoms with Crippen LogP contribution < -0.4 is 0 Å². The van der Waals surface area contributed by atoms with Crippen molar-refractivity contribution >= 4 is 33.2 Å². The number of likely N-dealkylation sites (tertiary alicyclic amines) is 1. The van der Waals surface area contributed by atoms with Gasteiger partial charge >= 0.3 is 0 Å². The Labute approximate surface area is 158 Å². The summed E-state index contributed by atoms with van der Waals surface area (Å²) in [7, 11) is 3.40. The number of thiophene rings is 1. The monoisotopic (exact) mass is 378 g/mol. The van der Waals surface area contributed by atoms with Crippen LogP contribution in [0.2, 0.25) is 0 Å². The first kappa shape index (κ1) is 20.4. The first-order chi connectivity index (χ1) is 12.3. The van der Waals surface area contributed by atoms with E-state index < -0.39 is 0 Å².